The molecule has 0 aliphatic rings. The molecule has 0 fully saturated rings. The van der Waals surface area contributed by atoms with Crippen LogP contribution >= 0.6 is 0 Å². The van der Waals surface area contributed by atoms with E-state index in [1.807, 2.05) is 6.92 Å². The zero-order valence-electron chi connectivity index (χ0n) is 10.6. The largest absolute Gasteiger partial charge is 0.377 e. The maximum absolute atomic E-state index is 6.23. The van der Waals surface area contributed by atoms with Crippen molar-refractivity contribution in [3.8, 4) is 0 Å². The highest BCUT2D eigenvalue weighted by atomic mass is 16.5. The van der Waals surface area contributed by atoms with Gasteiger partial charge in [-0.25, -0.2) is 0 Å². The molecule has 1 aromatic rings. The highest BCUT2D eigenvalue weighted by Gasteiger charge is 2.17. The van der Waals surface area contributed by atoms with Gasteiger partial charge in [0.05, 0.1) is 12.1 Å². The minimum absolute atomic E-state index is 0.0172. The van der Waals surface area contributed by atoms with Gasteiger partial charge in [-0.15, -0.1) is 0 Å². The molecule has 0 heterocycles. The molecule has 0 saturated carbocycles. The average Bonchev–Trinajstić information content (AvgIpc) is 2.35. The van der Waals surface area contributed by atoms with E-state index in [1.165, 1.54) is 11.1 Å². The van der Waals surface area contributed by atoms with Crippen molar-refractivity contribution < 1.29 is 4.74 Å². The highest BCUT2D eigenvalue weighted by Crippen LogP contribution is 2.20. The van der Waals surface area contributed by atoms with Gasteiger partial charge < -0.3 is 10.5 Å². The van der Waals surface area contributed by atoms with Crippen LogP contribution in [0, 0.1) is 0 Å². The van der Waals surface area contributed by atoms with Crippen LogP contribution in [-0.4, -0.2) is 12.7 Å². The van der Waals surface area contributed by atoms with E-state index in [0.29, 0.717) is 0 Å². The molecule has 0 bridgehead atoms. The van der Waals surface area contributed by atoms with Gasteiger partial charge in [0.25, 0.3) is 0 Å². The van der Waals surface area contributed by atoms with Gasteiger partial charge in [0, 0.05) is 6.61 Å². The Balaban J connectivity index is 2.80. The van der Waals surface area contributed by atoms with E-state index in [4.69, 9.17) is 10.5 Å². The molecule has 0 saturated heterocycles. The Bertz CT molecular complexity index is 311. The van der Waals surface area contributed by atoms with Crippen molar-refractivity contribution in [1.29, 1.82) is 0 Å². The van der Waals surface area contributed by atoms with Crippen LogP contribution in [-0.2, 0) is 11.2 Å². The topological polar surface area (TPSA) is 35.2 Å². The number of hydrogen-bond donors (Lipinski definition) is 1. The summed E-state index contributed by atoms with van der Waals surface area (Å²) < 4.78 is 5.66. The number of aryl methyl sites for hydroxylation is 1. The molecule has 0 aromatic heterocycles. The van der Waals surface area contributed by atoms with Gasteiger partial charge in [0.2, 0.25) is 0 Å². The third-order valence-electron chi connectivity index (χ3n) is 2.93. The summed E-state index contributed by atoms with van der Waals surface area (Å²) in [4.78, 5) is 0. The molecule has 0 aliphatic carbocycles. The Kier molecular flexibility index (Phi) is 5.50. The van der Waals surface area contributed by atoms with Crippen LogP contribution in [0.15, 0.2) is 24.3 Å². The maximum Gasteiger partial charge on any atom is 0.0764 e. The predicted octanol–water partition coefficient (Wildman–Crippen LogP) is 3.06. The molecule has 0 amide bonds. The monoisotopic (exact) mass is 221 g/mol. The first-order valence-electron chi connectivity index (χ1n) is 6.18. The second kappa shape index (κ2) is 6.66. The summed E-state index contributed by atoms with van der Waals surface area (Å²) in [6.45, 7) is 7.01. The highest BCUT2D eigenvalue weighted by molar-refractivity contribution is 5.26. The van der Waals surface area contributed by atoms with Gasteiger partial charge in [-0.05, 0) is 30.9 Å². The van der Waals surface area contributed by atoms with Crippen LogP contribution < -0.4 is 5.73 Å². The number of ether oxygens (including phenoxy) is 1. The van der Waals surface area contributed by atoms with E-state index < -0.39 is 0 Å². The Labute approximate surface area is 98.8 Å². The van der Waals surface area contributed by atoms with Gasteiger partial charge in [0.1, 0.15) is 0 Å². The van der Waals surface area contributed by atoms with Gasteiger partial charge >= 0.3 is 0 Å². The van der Waals surface area contributed by atoms with Crippen molar-refractivity contribution >= 4 is 0 Å². The molecule has 1 aromatic carbocycles. The second-order valence-corrected chi connectivity index (χ2v) is 4.03. The van der Waals surface area contributed by atoms with Crippen LogP contribution in [0.2, 0.25) is 0 Å². The first kappa shape index (κ1) is 13.2. The van der Waals surface area contributed by atoms with Crippen molar-refractivity contribution in [2.75, 3.05) is 6.61 Å². The summed E-state index contributed by atoms with van der Waals surface area (Å²) in [5.74, 6) is 0. The van der Waals surface area contributed by atoms with Crippen LogP contribution in [0.25, 0.3) is 0 Å². The van der Waals surface area contributed by atoms with Crippen LogP contribution in [0.5, 0.6) is 0 Å². The Morgan fingerprint density at radius 2 is 2.00 bits per heavy atom. The molecule has 2 nitrogen and oxygen atoms in total. The molecule has 16 heavy (non-hydrogen) atoms. The number of hydrogen-bond acceptors (Lipinski definition) is 2. The second-order valence-electron chi connectivity index (χ2n) is 4.03. The number of rotatable bonds is 6. The molecule has 0 aliphatic heterocycles. The summed E-state index contributed by atoms with van der Waals surface area (Å²) in [6.07, 6.45) is 2.12. The van der Waals surface area contributed by atoms with Crippen molar-refractivity contribution in [1.82, 2.24) is 0 Å². The van der Waals surface area contributed by atoms with Crippen LogP contribution in [0.3, 0.4) is 0 Å². The van der Waals surface area contributed by atoms with Crippen molar-refractivity contribution in [3.63, 3.8) is 0 Å². The van der Waals surface area contributed by atoms with Crippen molar-refractivity contribution in [2.45, 2.75) is 45.8 Å². The molecule has 2 unspecified atom stereocenters. The van der Waals surface area contributed by atoms with Crippen LogP contribution in [0.1, 0.15) is 44.4 Å². The number of nitrogens with two attached hydrogens (primary N) is 1. The van der Waals surface area contributed by atoms with E-state index in [-0.39, 0.29) is 12.1 Å². The third kappa shape index (κ3) is 3.32. The summed E-state index contributed by atoms with van der Waals surface area (Å²) in [5.41, 5.74) is 8.75. The third-order valence-corrected chi connectivity index (χ3v) is 2.93. The average molecular weight is 221 g/mol. The molecule has 1 rings (SSSR count). The van der Waals surface area contributed by atoms with Crippen LogP contribution in [0.4, 0.5) is 0 Å². The van der Waals surface area contributed by atoms with E-state index in [2.05, 4.69) is 38.1 Å². The summed E-state index contributed by atoms with van der Waals surface area (Å²) >= 11 is 0. The fourth-order valence-electron chi connectivity index (χ4n) is 1.92. The Morgan fingerprint density at radius 1 is 1.25 bits per heavy atom. The quantitative estimate of drug-likeness (QED) is 0.801. The standard InChI is InChI=1S/C14H23NO/c1-4-11-8-7-9-12(10-11)14(15)13(5-2)16-6-3/h7-10,13-14H,4-6,15H2,1-3H3. The minimum Gasteiger partial charge on any atom is -0.377 e. The Hall–Kier alpha value is -0.860. The zero-order chi connectivity index (χ0) is 12.0. The van der Waals surface area contributed by atoms with Gasteiger partial charge in [0.15, 0.2) is 0 Å². The molecular weight excluding hydrogens is 198 g/mol. The summed E-state index contributed by atoms with van der Waals surface area (Å²) in [6, 6.07) is 8.47. The summed E-state index contributed by atoms with van der Waals surface area (Å²) in [7, 11) is 0. The fourth-order valence-corrected chi connectivity index (χ4v) is 1.92. The predicted molar refractivity (Wildman–Crippen MR) is 68.5 cm³/mol. The van der Waals surface area contributed by atoms with Gasteiger partial charge in [-0.2, -0.15) is 0 Å². The summed E-state index contributed by atoms with van der Waals surface area (Å²) in [5, 5.41) is 0. The molecular formula is C14H23NO. The van der Waals surface area contributed by atoms with Crippen molar-refractivity contribution in [3.05, 3.63) is 35.4 Å². The molecule has 0 radical (unpaired) electrons. The van der Waals surface area contributed by atoms with E-state index >= 15 is 0 Å². The van der Waals surface area contributed by atoms with E-state index in [9.17, 15) is 0 Å². The first-order valence-corrected chi connectivity index (χ1v) is 6.18. The Morgan fingerprint density at radius 3 is 2.56 bits per heavy atom. The lowest BCUT2D eigenvalue weighted by atomic mass is 9.98. The molecule has 90 valence electrons. The van der Waals surface area contributed by atoms with Gasteiger partial charge in [-0.3, -0.25) is 0 Å². The molecule has 0 spiro atoms. The minimum atomic E-state index is -0.0172. The fraction of sp³-hybridized carbons (Fsp3) is 0.571. The maximum atomic E-state index is 6.23. The number of benzene rings is 1. The smallest absolute Gasteiger partial charge is 0.0764 e. The van der Waals surface area contributed by atoms with Crippen molar-refractivity contribution in [2.24, 2.45) is 5.73 Å². The SMILES string of the molecule is CCOC(CC)C(N)c1cccc(CC)c1. The molecule has 2 heteroatoms. The first-order chi connectivity index (χ1) is 7.72. The van der Waals surface area contributed by atoms with E-state index in [0.717, 1.165) is 19.4 Å². The lowest BCUT2D eigenvalue weighted by molar-refractivity contribution is 0.0413. The lowest BCUT2D eigenvalue weighted by Gasteiger charge is -2.23. The van der Waals surface area contributed by atoms with Gasteiger partial charge in [-0.1, -0.05) is 38.1 Å². The zero-order valence-corrected chi connectivity index (χ0v) is 10.6. The van der Waals surface area contributed by atoms with E-state index in [1.54, 1.807) is 0 Å². The normalized spacial score (nSPS) is 14.8. The molecule has 2 atom stereocenters. The lowest BCUT2D eigenvalue weighted by Crippen LogP contribution is -2.28. The molecule has 2 N–H and O–H groups in total.